The molecule has 0 saturated heterocycles. The molecule has 1 rings (SSSR count). The standard InChI is InChI=1S/C13H19ClN2/c1-16(13-7-3-2-4-8-13)12-6-11-15-10-5-9-14/h2-5,7-9,15H,6,10-12H2,1H3/b9-5+. The summed E-state index contributed by atoms with van der Waals surface area (Å²) < 4.78 is 0. The van der Waals surface area contributed by atoms with E-state index in [-0.39, 0.29) is 0 Å². The number of para-hydroxylation sites is 1. The summed E-state index contributed by atoms with van der Waals surface area (Å²) in [4.78, 5) is 2.26. The summed E-state index contributed by atoms with van der Waals surface area (Å²) in [6.07, 6.45) is 3.03. The fourth-order valence-electron chi connectivity index (χ4n) is 1.48. The van der Waals surface area contributed by atoms with Crippen molar-refractivity contribution in [3.8, 4) is 0 Å². The fourth-order valence-corrected chi connectivity index (χ4v) is 1.57. The summed E-state index contributed by atoms with van der Waals surface area (Å²) in [5, 5.41) is 3.30. The Hall–Kier alpha value is -0.990. The second kappa shape index (κ2) is 8.20. The molecule has 1 aromatic carbocycles. The van der Waals surface area contributed by atoms with Gasteiger partial charge in [-0.05, 0) is 25.1 Å². The normalized spacial score (nSPS) is 10.9. The van der Waals surface area contributed by atoms with Gasteiger partial charge < -0.3 is 10.2 Å². The van der Waals surface area contributed by atoms with E-state index in [9.17, 15) is 0 Å². The lowest BCUT2D eigenvalue weighted by molar-refractivity contribution is 0.685. The Morgan fingerprint density at radius 3 is 2.75 bits per heavy atom. The monoisotopic (exact) mass is 238 g/mol. The Morgan fingerprint density at radius 2 is 2.06 bits per heavy atom. The zero-order valence-electron chi connectivity index (χ0n) is 9.70. The van der Waals surface area contributed by atoms with Crippen molar-refractivity contribution in [2.75, 3.05) is 31.6 Å². The Labute approximate surface area is 103 Å². The maximum Gasteiger partial charge on any atom is 0.0363 e. The van der Waals surface area contributed by atoms with E-state index in [0.29, 0.717) is 0 Å². The van der Waals surface area contributed by atoms with Crippen LogP contribution in [0.2, 0.25) is 0 Å². The van der Waals surface area contributed by atoms with Crippen LogP contribution in [0, 0.1) is 0 Å². The lowest BCUT2D eigenvalue weighted by atomic mass is 10.3. The highest BCUT2D eigenvalue weighted by Gasteiger charge is 1.97. The van der Waals surface area contributed by atoms with E-state index in [4.69, 9.17) is 11.6 Å². The molecule has 0 aliphatic heterocycles. The molecule has 1 aromatic rings. The van der Waals surface area contributed by atoms with Crippen LogP contribution in [0.5, 0.6) is 0 Å². The average Bonchev–Trinajstić information content (AvgIpc) is 2.34. The number of benzene rings is 1. The molecule has 0 unspecified atom stereocenters. The molecule has 0 amide bonds. The van der Waals surface area contributed by atoms with Crippen LogP contribution in [0.1, 0.15) is 6.42 Å². The van der Waals surface area contributed by atoms with Gasteiger partial charge in [-0.25, -0.2) is 0 Å². The predicted molar refractivity (Wildman–Crippen MR) is 72.2 cm³/mol. The predicted octanol–water partition coefficient (Wildman–Crippen LogP) is 2.86. The zero-order valence-corrected chi connectivity index (χ0v) is 10.5. The quantitative estimate of drug-likeness (QED) is 0.735. The van der Waals surface area contributed by atoms with Crippen molar-refractivity contribution < 1.29 is 0 Å². The van der Waals surface area contributed by atoms with Gasteiger partial charge in [-0.1, -0.05) is 35.9 Å². The Balaban J connectivity index is 2.13. The Bertz CT molecular complexity index is 298. The van der Waals surface area contributed by atoms with E-state index < -0.39 is 0 Å². The van der Waals surface area contributed by atoms with E-state index in [1.807, 2.05) is 12.1 Å². The Kier molecular flexibility index (Phi) is 6.70. The van der Waals surface area contributed by atoms with Gasteiger partial charge in [0.1, 0.15) is 0 Å². The first-order valence-electron chi connectivity index (χ1n) is 5.56. The Morgan fingerprint density at radius 1 is 1.31 bits per heavy atom. The van der Waals surface area contributed by atoms with Gasteiger partial charge in [0, 0.05) is 31.4 Å². The van der Waals surface area contributed by atoms with Crippen LogP contribution in [0.3, 0.4) is 0 Å². The summed E-state index contributed by atoms with van der Waals surface area (Å²) in [5.74, 6) is 0. The lowest BCUT2D eigenvalue weighted by Crippen LogP contribution is -2.23. The summed E-state index contributed by atoms with van der Waals surface area (Å²) in [6, 6.07) is 10.4. The van der Waals surface area contributed by atoms with Gasteiger partial charge in [-0.3, -0.25) is 0 Å². The first-order chi connectivity index (χ1) is 7.84. The van der Waals surface area contributed by atoms with Gasteiger partial charge >= 0.3 is 0 Å². The highest BCUT2D eigenvalue weighted by Crippen LogP contribution is 2.10. The second-order valence-corrected chi connectivity index (χ2v) is 3.93. The largest absolute Gasteiger partial charge is 0.375 e. The molecular weight excluding hydrogens is 220 g/mol. The van der Waals surface area contributed by atoms with Crippen molar-refractivity contribution in [2.24, 2.45) is 0 Å². The van der Waals surface area contributed by atoms with Crippen LogP contribution in [-0.4, -0.2) is 26.7 Å². The SMILES string of the molecule is CN(CCCNC/C=C/Cl)c1ccccc1. The number of hydrogen-bond donors (Lipinski definition) is 1. The first kappa shape index (κ1) is 13.1. The van der Waals surface area contributed by atoms with Crippen molar-refractivity contribution >= 4 is 17.3 Å². The molecule has 0 radical (unpaired) electrons. The summed E-state index contributed by atoms with van der Waals surface area (Å²) >= 11 is 5.42. The van der Waals surface area contributed by atoms with Crippen molar-refractivity contribution in [1.29, 1.82) is 0 Å². The summed E-state index contributed by atoms with van der Waals surface area (Å²) in [5.41, 5.74) is 2.81. The van der Waals surface area contributed by atoms with Gasteiger partial charge in [0.25, 0.3) is 0 Å². The maximum absolute atomic E-state index is 5.42. The summed E-state index contributed by atoms with van der Waals surface area (Å²) in [6.45, 7) is 2.92. The number of anilines is 1. The van der Waals surface area contributed by atoms with Crippen LogP contribution in [0.15, 0.2) is 41.9 Å². The minimum atomic E-state index is 0.846. The average molecular weight is 239 g/mol. The topological polar surface area (TPSA) is 15.3 Å². The molecular formula is C13H19ClN2. The molecule has 0 heterocycles. The minimum absolute atomic E-state index is 0.846. The van der Waals surface area contributed by atoms with Crippen molar-refractivity contribution in [1.82, 2.24) is 5.32 Å². The van der Waals surface area contributed by atoms with Crippen LogP contribution in [0.25, 0.3) is 0 Å². The molecule has 2 nitrogen and oxygen atoms in total. The fraction of sp³-hybridized carbons (Fsp3) is 0.385. The second-order valence-electron chi connectivity index (χ2n) is 3.68. The molecule has 0 spiro atoms. The molecule has 0 bridgehead atoms. The van der Waals surface area contributed by atoms with Gasteiger partial charge in [-0.15, -0.1) is 0 Å². The van der Waals surface area contributed by atoms with E-state index in [1.54, 1.807) is 5.54 Å². The molecule has 0 saturated carbocycles. The molecule has 1 N–H and O–H groups in total. The van der Waals surface area contributed by atoms with Crippen molar-refractivity contribution in [2.45, 2.75) is 6.42 Å². The third-order valence-electron chi connectivity index (χ3n) is 2.40. The van der Waals surface area contributed by atoms with Crippen LogP contribution >= 0.6 is 11.6 Å². The summed E-state index contributed by atoms with van der Waals surface area (Å²) in [7, 11) is 2.12. The van der Waals surface area contributed by atoms with Gasteiger partial charge in [0.05, 0.1) is 0 Å². The van der Waals surface area contributed by atoms with Gasteiger partial charge in [0.2, 0.25) is 0 Å². The first-order valence-corrected chi connectivity index (χ1v) is 6.00. The van der Waals surface area contributed by atoms with E-state index in [0.717, 1.165) is 26.1 Å². The molecule has 16 heavy (non-hydrogen) atoms. The molecule has 3 heteroatoms. The molecule has 88 valence electrons. The van der Waals surface area contributed by atoms with E-state index >= 15 is 0 Å². The smallest absolute Gasteiger partial charge is 0.0363 e. The molecule has 0 aromatic heterocycles. The molecule has 0 aliphatic rings. The van der Waals surface area contributed by atoms with E-state index in [2.05, 4.69) is 41.5 Å². The number of nitrogens with zero attached hydrogens (tertiary/aromatic N) is 1. The highest BCUT2D eigenvalue weighted by molar-refractivity contribution is 6.25. The minimum Gasteiger partial charge on any atom is -0.375 e. The van der Waals surface area contributed by atoms with Crippen molar-refractivity contribution in [3.05, 3.63) is 41.9 Å². The third kappa shape index (κ3) is 5.19. The number of nitrogens with one attached hydrogen (secondary N) is 1. The van der Waals surface area contributed by atoms with Gasteiger partial charge in [-0.2, -0.15) is 0 Å². The molecule has 0 fully saturated rings. The molecule has 0 aliphatic carbocycles. The van der Waals surface area contributed by atoms with Gasteiger partial charge in [0.15, 0.2) is 0 Å². The number of hydrogen-bond acceptors (Lipinski definition) is 2. The zero-order chi connectivity index (χ0) is 11.6. The van der Waals surface area contributed by atoms with Crippen LogP contribution < -0.4 is 10.2 Å². The van der Waals surface area contributed by atoms with Crippen LogP contribution in [-0.2, 0) is 0 Å². The lowest BCUT2D eigenvalue weighted by Gasteiger charge is -2.19. The molecule has 0 atom stereocenters. The maximum atomic E-state index is 5.42. The number of rotatable bonds is 7. The third-order valence-corrected chi connectivity index (χ3v) is 2.57. The van der Waals surface area contributed by atoms with Crippen molar-refractivity contribution in [3.63, 3.8) is 0 Å². The van der Waals surface area contributed by atoms with Crippen LogP contribution in [0.4, 0.5) is 5.69 Å². The van der Waals surface area contributed by atoms with E-state index in [1.165, 1.54) is 5.69 Å². The number of halogens is 1. The highest BCUT2D eigenvalue weighted by atomic mass is 35.5.